The van der Waals surface area contributed by atoms with Gasteiger partial charge in [-0.1, -0.05) is 39.6 Å². The number of ether oxygens (including phenoxy) is 2. The topological polar surface area (TPSA) is 18.5 Å². The number of benzene rings is 2. The average Bonchev–Trinajstić information content (AvgIpc) is 2.49. The van der Waals surface area contributed by atoms with Crippen molar-refractivity contribution in [2.75, 3.05) is 14.2 Å². The number of hydrogen-bond acceptors (Lipinski definition) is 2. The summed E-state index contributed by atoms with van der Waals surface area (Å²) in [5, 5.41) is 0. The molecule has 102 valence electrons. The lowest BCUT2D eigenvalue weighted by Gasteiger charge is -2.10. The Kier molecular flexibility index (Phi) is 3.60. The van der Waals surface area contributed by atoms with Crippen LogP contribution in [0.4, 0.5) is 0 Å². The van der Waals surface area contributed by atoms with E-state index in [1.54, 1.807) is 14.2 Å². The van der Waals surface area contributed by atoms with Crippen LogP contribution in [0.2, 0.25) is 0 Å². The summed E-state index contributed by atoms with van der Waals surface area (Å²) in [7, 11) is 3.22. The van der Waals surface area contributed by atoms with Crippen molar-refractivity contribution in [1.29, 1.82) is 0 Å². The summed E-state index contributed by atoms with van der Waals surface area (Å²) >= 11 is 3.46. The van der Waals surface area contributed by atoms with Gasteiger partial charge in [-0.2, -0.15) is 0 Å². The van der Waals surface area contributed by atoms with E-state index in [2.05, 4.69) is 39.6 Å². The molecule has 2 aromatic carbocycles. The van der Waals surface area contributed by atoms with Gasteiger partial charge in [0.1, 0.15) is 0 Å². The van der Waals surface area contributed by atoms with Crippen molar-refractivity contribution in [2.24, 2.45) is 0 Å². The summed E-state index contributed by atoms with van der Waals surface area (Å²) in [6.45, 7) is 0. The SMILES string of the molecule is COc1cc2c(cc1OC)C#Cc1cc(Br)ccc1C#C2. The van der Waals surface area contributed by atoms with Crippen LogP contribution in [0.25, 0.3) is 0 Å². The van der Waals surface area contributed by atoms with Crippen LogP contribution in [0.15, 0.2) is 34.8 Å². The van der Waals surface area contributed by atoms with Crippen molar-refractivity contribution < 1.29 is 9.47 Å². The molecule has 0 atom stereocenters. The Bertz CT molecular complexity index is 845. The van der Waals surface area contributed by atoms with Crippen LogP contribution < -0.4 is 9.47 Å². The summed E-state index contributed by atoms with van der Waals surface area (Å²) in [5.41, 5.74) is 3.52. The fourth-order valence-electron chi connectivity index (χ4n) is 2.08. The summed E-state index contributed by atoms with van der Waals surface area (Å²) in [5.74, 6) is 14.0. The Morgan fingerprint density at radius 3 is 1.71 bits per heavy atom. The fraction of sp³-hybridized carbons (Fsp3) is 0.111. The van der Waals surface area contributed by atoms with Crippen molar-refractivity contribution in [1.82, 2.24) is 0 Å². The van der Waals surface area contributed by atoms with Crippen LogP contribution in [-0.2, 0) is 0 Å². The van der Waals surface area contributed by atoms with E-state index in [0.717, 1.165) is 26.7 Å². The van der Waals surface area contributed by atoms with Gasteiger partial charge >= 0.3 is 0 Å². The molecule has 0 amide bonds. The first-order valence-corrected chi connectivity index (χ1v) is 7.10. The molecule has 0 fully saturated rings. The molecule has 1 aliphatic carbocycles. The van der Waals surface area contributed by atoms with Gasteiger partial charge in [0.25, 0.3) is 0 Å². The number of fused-ring (bicyclic) bond motifs is 2. The minimum absolute atomic E-state index is 0.655. The van der Waals surface area contributed by atoms with Gasteiger partial charge in [0, 0.05) is 38.9 Å². The zero-order valence-corrected chi connectivity index (χ0v) is 13.2. The molecular formula is C18H11BrO2. The lowest BCUT2D eigenvalue weighted by molar-refractivity contribution is 0.355. The number of halogens is 1. The zero-order valence-electron chi connectivity index (χ0n) is 11.6. The Morgan fingerprint density at radius 1 is 0.714 bits per heavy atom. The quantitative estimate of drug-likeness (QED) is 0.665. The second kappa shape index (κ2) is 5.56. The van der Waals surface area contributed by atoms with Crippen LogP contribution in [0.3, 0.4) is 0 Å². The van der Waals surface area contributed by atoms with Crippen molar-refractivity contribution in [3.63, 3.8) is 0 Å². The molecule has 0 saturated heterocycles. The molecule has 1 aliphatic rings. The van der Waals surface area contributed by atoms with E-state index >= 15 is 0 Å². The summed E-state index contributed by atoms with van der Waals surface area (Å²) < 4.78 is 11.6. The van der Waals surface area contributed by atoms with Gasteiger partial charge in [0.15, 0.2) is 11.5 Å². The van der Waals surface area contributed by atoms with Crippen molar-refractivity contribution in [2.45, 2.75) is 0 Å². The molecule has 0 N–H and O–H groups in total. The maximum absolute atomic E-state index is 5.31. The maximum atomic E-state index is 5.31. The van der Waals surface area contributed by atoms with E-state index in [1.807, 2.05) is 30.3 Å². The molecule has 3 heteroatoms. The van der Waals surface area contributed by atoms with Crippen LogP contribution in [0, 0.1) is 23.7 Å². The molecule has 21 heavy (non-hydrogen) atoms. The van der Waals surface area contributed by atoms with Gasteiger partial charge in [-0.15, -0.1) is 0 Å². The molecule has 0 saturated carbocycles. The highest BCUT2D eigenvalue weighted by molar-refractivity contribution is 9.10. The third-order valence-electron chi connectivity index (χ3n) is 3.17. The highest BCUT2D eigenvalue weighted by Gasteiger charge is 2.10. The third kappa shape index (κ3) is 2.61. The Hall–Kier alpha value is -2.36. The van der Waals surface area contributed by atoms with E-state index in [0.29, 0.717) is 11.5 Å². The van der Waals surface area contributed by atoms with Crippen LogP contribution in [0.5, 0.6) is 11.5 Å². The molecule has 3 rings (SSSR count). The molecule has 0 bridgehead atoms. The molecule has 0 aromatic heterocycles. The van der Waals surface area contributed by atoms with E-state index in [-0.39, 0.29) is 0 Å². The first-order valence-electron chi connectivity index (χ1n) is 6.31. The largest absolute Gasteiger partial charge is 0.493 e. The Labute approximate surface area is 132 Å². The van der Waals surface area contributed by atoms with Gasteiger partial charge in [-0.25, -0.2) is 0 Å². The standard InChI is InChI=1S/C18H11BrO2/c1-20-17-10-14-4-3-12-7-8-16(19)9-13(12)5-6-15(14)11-18(17)21-2/h7-11H,1-2H3. The van der Waals surface area contributed by atoms with E-state index < -0.39 is 0 Å². The number of rotatable bonds is 2. The fourth-order valence-corrected chi connectivity index (χ4v) is 2.45. The molecular weight excluding hydrogens is 328 g/mol. The van der Waals surface area contributed by atoms with Gasteiger partial charge in [0.05, 0.1) is 14.2 Å². The minimum Gasteiger partial charge on any atom is -0.493 e. The molecule has 0 aliphatic heterocycles. The smallest absolute Gasteiger partial charge is 0.162 e. The first kappa shape index (κ1) is 13.6. The van der Waals surface area contributed by atoms with Gasteiger partial charge in [-0.05, 0) is 18.2 Å². The van der Waals surface area contributed by atoms with Crippen LogP contribution in [0.1, 0.15) is 22.3 Å². The Morgan fingerprint density at radius 2 is 1.19 bits per heavy atom. The third-order valence-corrected chi connectivity index (χ3v) is 3.66. The lowest BCUT2D eigenvalue weighted by atomic mass is 10.0. The maximum Gasteiger partial charge on any atom is 0.162 e. The minimum atomic E-state index is 0.655. The molecule has 0 unspecified atom stereocenters. The van der Waals surface area contributed by atoms with Crippen molar-refractivity contribution in [3.05, 3.63) is 57.1 Å². The van der Waals surface area contributed by atoms with Gasteiger partial charge in [0.2, 0.25) is 0 Å². The summed E-state index contributed by atoms with van der Waals surface area (Å²) in [6, 6.07) is 9.63. The molecule has 0 radical (unpaired) electrons. The summed E-state index contributed by atoms with van der Waals surface area (Å²) in [6.07, 6.45) is 0. The van der Waals surface area contributed by atoms with Gasteiger partial charge < -0.3 is 9.47 Å². The second-order valence-corrected chi connectivity index (χ2v) is 5.36. The van der Waals surface area contributed by atoms with Crippen LogP contribution >= 0.6 is 15.9 Å². The summed E-state index contributed by atoms with van der Waals surface area (Å²) in [4.78, 5) is 0. The predicted molar refractivity (Wildman–Crippen MR) is 85.6 cm³/mol. The highest BCUT2D eigenvalue weighted by Crippen LogP contribution is 2.30. The number of hydrogen-bond donors (Lipinski definition) is 0. The predicted octanol–water partition coefficient (Wildman–Crippen LogP) is 3.58. The van der Waals surface area contributed by atoms with Crippen molar-refractivity contribution >= 4 is 15.9 Å². The van der Waals surface area contributed by atoms with Gasteiger partial charge in [-0.3, -0.25) is 0 Å². The normalized spacial score (nSPS) is 10.6. The second-order valence-electron chi connectivity index (χ2n) is 4.44. The van der Waals surface area contributed by atoms with E-state index in [4.69, 9.17) is 9.47 Å². The Balaban J connectivity index is 2.20. The first-order chi connectivity index (χ1) is 10.2. The zero-order chi connectivity index (χ0) is 14.8. The number of methoxy groups -OCH3 is 2. The van der Waals surface area contributed by atoms with Crippen LogP contribution in [-0.4, -0.2) is 14.2 Å². The molecule has 0 heterocycles. The van der Waals surface area contributed by atoms with E-state index in [1.165, 1.54) is 0 Å². The molecule has 2 aromatic rings. The molecule has 2 nitrogen and oxygen atoms in total. The molecule has 0 spiro atoms. The van der Waals surface area contributed by atoms with Crippen molar-refractivity contribution in [3.8, 4) is 35.2 Å². The highest BCUT2D eigenvalue weighted by atomic mass is 79.9. The lowest BCUT2D eigenvalue weighted by Crippen LogP contribution is -1.95. The van der Waals surface area contributed by atoms with E-state index in [9.17, 15) is 0 Å². The average molecular weight is 339 g/mol. The monoisotopic (exact) mass is 338 g/mol.